The van der Waals surface area contributed by atoms with Crippen molar-refractivity contribution in [2.45, 2.75) is 26.4 Å². The van der Waals surface area contributed by atoms with Crippen molar-refractivity contribution in [2.75, 3.05) is 13.6 Å². The first-order chi connectivity index (χ1) is 13.1. The van der Waals surface area contributed by atoms with Gasteiger partial charge in [-0.15, -0.1) is 0 Å². The van der Waals surface area contributed by atoms with Crippen molar-refractivity contribution in [3.05, 3.63) is 72.4 Å². The molecule has 0 spiro atoms. The number of quaternary nitrogens is 1. The van der Waals surface area contributed by atoms with Crippen molar-refractivity contribution in [3.8, 4) is 16.9 Å². The zero-order valence-electron chi connectivity index (χ0n) is 16.1. The maximum absolute atomic E-state index is 12.2. The lowest BCUT2D eigenvalue weighted by atomic mass is 10.1. The van der Waals surface area contributed by atoms with Crippen LogP contribution in [0.25, 0.3) is 16.9 Å². The third-order valence-corrected chi connectivity index (χ3v) is 4.81. The van der Waals surface area contributed by atoms with E-state index < -0.39 is 0 Å². The van der Waals surface area contributed by atoms with E-state index in [1.165, 1.54) is 0 Å². The Hall–Kier alpha value is -2.92. The molecule has 0 fully saturated rings. The number of aromatic nitrogens is 2. The number of carbonyl (C=O) groups is 1. The van der Waals surface area contributed by atoms with E-state index in [0.717, 1.165) is 34.0 Å². The van der Waals surface area contributed by atoms with Gasteiger partial charge in [-0.25, -0.2) is 4.68 Å². The topological polar surface area (TPSA) is 51.4 Å². The summed E-state index contributed by atoms with van der Waals surface area (Å²) < 4.78 is 1.92. The van der Waals surface area contributed by atoms with Crippen LogP contribution in [0.1, 0.15) is 19.4 Å². The number of benzene rings is 2. The van der Waals surface area contributed by atoms with E-state index in [-0.39, 0.29) is 11.9 Å². The van der Waals surface area contributed by atoms with Crippen molar-refractivity contribution in [3.63, 3.8) is 0 Å². The van der Waals surface area contributed by atoms with E-state index in [4.69, 9.17) is 5.10 Å². The number of para-hydroxylation sites is 1. The SMILES string of the molecule is CCNC(=O)[C@H](C)[NH+](C)Cc1cn(-c2ccccc2)nc1-c1ccccc1. The molecule has 0 saturated carbocycles. The Labute approximate surface area is 160 Å². The number of nitrogens with zero attached hydrogens (tertiary/aromatic N) is 2. The molecule has 0 saturated heterocycles. The fraction of sp³-hybridized carbons (Fsp3) is 0.273. The minimum Gasteiger partial charge on any atom is -0.351 e. The van der Waals surface area contributed by atoms with Gasteiger partial charge in [0.25, 0.3) is 5.91 Å². The zero-order valence-corrected chi connectivity index (χ0v) is 16.1. The lowest BCUT2D eigenvalue weighted by Crippen LogP contribution is -3.12. The van der Waals surface area contributed by atoms with Gasteiger partial charge in [-0.1, -0.05) is 48.5 Å². The van der Waals surface area contributed by atoms with Crippen molar-refractivity contribution in [1.29, 1.82) is 0 Å². The van der Waals surface area contributed by atoms with E-state index in [1.54, 1.807) is 0 Å². The van der Waals surface area contributed by atoms with Gasteiger partial charge in [0, 0.05) is 18.3 Å². The van der Waals surface area contributed by atoms with Gasteiger partial charge in [0.2, 0.25) is 0 Å². The van der Waals surface area contributed by atoms with Gasteiger partial charge in [0.15, 0.2) is 6.04 Å². The Balaban J connectivity index is 1.93. The lowest BCUT2D eigenvalue weighted by molar-refractivity contribution is -0.908. The summed E-state index contributed by atoms with van der Waals surface area (Å²) in [4.78, 5) is 13.3. The van der Waals surface area contributed by atoms with Gasteiger partial charge in [-0.2, -0.15) is 5.10 Å². The maximum atomic E-state index is 12.2. The molecule has 27 heavy (non-hydrogen) atoms. The molecular formula is C22H27N4O+. The summed E-state index contributed by atoms with van der Waals surface area (Å²) in [6, 6.07) is 20.2. The summed E-state index contributed by atoms with van der Waals surface area (Å²) in [6.45, 7) is 5.27. The average Bonchev–Trinajstić information content (AvgIpc) is 3.12. The minimum atomic E-state index is -0.131. The Bertz CT molecular complexity index is 874. The highest BCUT2D eigenvalue weighted by Gasteiger charge is 2.24. The largest absolute Gasteiger partial charge is 0.351 e. The highest BCUT2D eigenvalue weighted by Crippen LogP contribution is 2.23. The van der Waals surface area contributed by atoms with Crippen molar-refractivity contribution in [2.24, 2.45) is 0 Å². The molecule has 1 unspecified atom stereocenters. The Kier molecular flexibility index (Phi) is 6.04. The molecule has 0 bridgehead atoms. The standard InChI is InChI=1S/C22H26N4O/c1-4-23-22(27)17(2)25(3)15-19-16-26(20-13-9-6-10-14-20)24-21(19)18-11-7-5-8-12-18/h5-14,16-17H,4,15H2,1-3H3,(H,23,27)/p+1/t17-/m0/s1. The number of rotatable bonds is 7. The molecule has 5 nitrogen and oxygen atoms in total. The summed E-state index contributed by atoms with van der Waals surface area (Å²) in [6.07, 6.45) is 2.08. The Morgan fingerprint density at radius 1 is 1.11 bits per heavy atom. The van der Waals surface area contributed by atoms with Crippen LogP contribution in [-0.2, 0) is 11.3 Å². The second-order valence-corrected chi connectivity index (χ2v) is 6.79. The second kappa shape index (κ2) is 8.64. The second-order valence-electron chi connectivity index (χ2n) is 6.79. The van der Waals surface area contributed by atoms with Gasteiger partial charge < -0.3 is 10.2 Å². The molecule has 1 amide bonds. The molecule has 3 aromatic rings. The van der Waals surface area contributed by atoms with E-state index in [9.17, 15) is 4.79 Å². The summed E-state index contributed by atoms with van der Waals surface area (Å²) in [5, 5.41) is 7.76. The number of likely N-dealkylation sites (N-methyl/N-ethyl adjacent to an activating group) is 2. The first kappa shape index (κ1) is 18.9. The Morgan fingerprint density at radius 2 is 1.74 bits per heavy atom. The van der Waals surface area contributed by atoms with Gasteiger partial charge in [-0.05, 0) is 26.0 Å². The maximum Gasteiger partial charge on any atom is 0.278 e. The number of hydrogen-bond donors (Lipinski definition) is 2. The highest BCUT2D eigenvalue weighted by molar-refractivity contribution is 5.79. The Morgan fingerprint density at radius 3 is 2.37 bits per heavy atom. The van der Waals surface area contributed by atoms with Crippen molar-refractivity contribution < 1.29 is 9.69 Å². The zero-order chi connectivity index (χ0) is 19.2. The van der Waals surface area contributed by atoms with Crippen LogP contribution in [0.4, 0.5) is 0 Å². The molecule has 0 aliphatic carbocycles. The van der Waals surface area contributed by atoms with Crippen LogP contribution < -0.4 is 10.2 Å². The van der Waals surface area contributed by atoms with Gasteiger partial charge in [-0.3, -0.25) is 4.79 Å². The third kappa shape index (κ3) is 4.44. The van der Waals surface area contributed by atoms with E-state index >= 15 is 0 Å². The number of carbonyl (C=O) groups excluding carboxylic acids is 1. The van der Waals surface area contributed by atoms with E-state index in [1.807, 2.05) is 67.1 Å². The molecule has 1 aromatic heterocycles. The van der Waals surface area contributed by atoms with Gasteiger partial charge in [0.05, 0.1) is 18.3 Å². The minimum absolute atomic E-state index is 0.0757. The van der Waals surface area contributed by atoms with Crippen LogP contribution in [0.15, 0.2) is 66.9 Å². The van der Waals surface area contributed by atoms with E-state index in [0.29, 0.717) is 6.54 Å². The number of nitrogens with one attached hydrogen (secondary N) is 2. The van der Waals surface area contributed by atoms with Crippen LogP contribution >= 0.6 is 0 Å². The van der Waals surface area contributed by atoms with Crippen LogP contribution in [0.2, 0.25) is 0 Å². The van der Waals surface area contributed by atoms with Crippen LogP contribution in [0.5, 0.6) is 0 Å². The molecule has 0 aliphatic rings. The molecule has 140 valence electrons. The quantitative estimate of drug-likeness (QED) is 0.675. The first-order valence-electron chi connectivity index (χ1n) is 9.39. The normalized spacial score (nSPS) is 13.1. The predicted octanol–water partition coefficient (Wildman–Crippen LogP) is 2.08. The molecule has 2 aromatic carbocycles. The molecule has 5 heteroatoms. The summed E-state index contributed by atoms with van der Waals surface area (Å²) in [5.74, 6) is 0.0757. The molecule has 0 radical (unpaired) electrons. The van der Waals surface area contributed by atoms with Gasteiger partial charge >= 0.3 is 0 Å². The molecule has 2 N–H and O–H groups in total. The highest BCUT2D eigenvalue weighted by atomic mass is 16.2. The summed E-state index contributed by atoms with van der Waals surface area (Å²) >= 11 is 0. The summed E-state index contributed by atoms with van der Waals surface area (Å²) in [5.41, 5.74) is 4.19. The average molecular weight is 363 g/mol. The number of hydrogen-bond acceptors (Lipinski definition) is 2. The lowest BCUT2D eigenvalue weighted by Gasteiger charge is -2.20. The predicted molar refractivity (Wildman–Crippen MR) is 108 cm³/mol. The monoisotopic (exact) mass is 363 g/mol. The molecular weight excluding hydrogens is 336 g/mol. The van der Waals surface area contributed by atoms with E-state index in [2.05, 4.69) is 30.7 Å². The fourth-order valence-corrected chi connectivity index (χ4v) is 3.10. The van der Waals surface area contributed by atoms with Crippen molar-refractivity contribution >= 4 is 5.91 Å². The van der Waals surface area contributed by atoms with Gasteiger partial charge in [0.1, 0.15) is 12.2 Å². The molecule has 3 rings (SSSR count). The van der Waals surface area contributed by atoms with Crippen molar-refractivity contribution in [1.82, 2.24) is 15.1 Å². The van der Waals surface area contributed by atoms with Crippen LogP contribution in [-0.4, -0.2) is 35.3 Å². The smallest absolute Gasteiger partial charge is 0.278 e. The van der Waals surface area contributed by atoms with Crippen LogP contribution in [0, 0.1) is 0 Å². The molecule has 1 heterocycles. The summed E-state index contributed by atoms with van der Waals surface area (Å²) in [7, 11) is 2.05. The number of amides is 1. The van der Waals surface area contributed by atoms with Crippen LogP contribution in [0.3, 0.4) is 0 Å². The molecule has 0 aliphatic heterocycles. The first-order valence-corrected chi connectivity index (χ1v) is 9.39. The third-order valence-electron chi connectivity index (χ3n) is 4.81. The fourth-order valence-electron chi connectivity index (χ4n) is 3.10. The molecule has 2 atom stereocenters.